The van der Waals surface area contributed by atoms with Crippen molar-refractivity contribution >= 4 is 11.9 Å². The van der Waals surface area contributed by atoms with E-state index in [1.54, 1.807) is 20.2 Å². The molecule has 1 aromatic carbocycles. The van der Waals surface area contributed by atoms with E-state index in [-0.39, 0.29) is 0 Å². The van der Waals surface area contributed by atoms with Gasteiger partial charge >= 0.3 is 0 Å². The number of rotatable bonds is 6. The molecule has 0 bridgehead atoms. The topological polar surface area (TPSA) is 56.3 Å². The number of anilines is 1. The average molecular weight is 285 g/mol. The highest BCUT2D eigenvalue weighted by atomic mass is 16.5. The Morgan fingerprint density at radius 1 is 1.24 bits per heavy atom. The van der Waals surface area contributed by atoms with Crippen LogP contribution in [0.1, 0.15) is 18.3 Å². The molecular weight excluding hydrogens is 266 g/mol. The molecule has 5 nitrogen and oxygen atoms in total. The number of nitrogens with one attached hydrogen (secondary N) is 1. The molecule has 0 unspecified atom stereocenters. The average Bonchev–Trinajstić information content (AvgIpc) is 2.49. The van der Waals surface area contributed by atoms with Crippen LogP contribution in [0.4, 0.5) is 5.82 Å². The predicted octanol–water partition coefficient (Wildman–Crippen LogP) is 3.49. The molecular formula is C16H19N3O2. The van der Waals surface area contributed by atoms with Gasteiger partial charge in [0, 0.05) is 25.8 Å². The minimum absolute atomic E-state index is 0.336. The Kier molecular flexibility index (Phi) is 5.29. The largest absolute Gasteiger partial charge is 0.438 e. The Bertz CT molecular complexity index is 627. The molecule has 0 spiro atoms. The van der Waals surface area contributed by atoms with Gasteiger partial charge in [-0.25, -0.2) is 4.98 Å². The van der Waals surface area contributed by atoms with Crippen LogP contribution >= 0.6 is 0 Å². The van der Waals surface area contributed by atoms with Crippen molar-refractivity contribution in [2.45, 2.75) is 13.5 Å². The summed E-state index contributed by atoms with van der Waals surface area (Å²) >= 11 is 0. The second kappa shape index (κ2) is 7.40. The van der Waals surface area contributed by atoms with Crippen LogP contribution in [-0.4, -0.2) is 24.1 Å². The Balaban J connectivity index is 2.32. The van der Waals surface area contributed by atoms with Crippen molar-refractivity contribution in [3.8, 4) is 11.6 Å². The number of hydrogen-bond acceptors (Lipinski definition) is 5. The highest BCUT2D eigenvalue weighted by Gasteiger charge is 2.07. The summed E-state index contributed by atoms with van der Waals surface area (Å²) < 4.78 is 11.0. The maximum atomic E-state index is 5.89. The summed E-state index contributed by atoms with van der Waals surface area (Å²) in [4.78, 5) is 8.65. The van der Waals surface area contributed by atoms with Gasteiger partial charge in [0.1, 0.15) is 18.2 Å². The van der Waals surface area contributed by atoms with Gasteiger partial charge in [0.05, 0.1) is 0 Å². The second-order valence-electron chi connectivity index (χ2n) is 4.33. The third-order valence-corrected chi connectivity index (χ3v) is 2.76. The molecule has 2 aromatic rings. The van der Waals surface area contributed by atoms with Crippen LogP contribution in [0.5, 0.6) is 11.6 Å². The molecule has 1 aromatic heterocycles. The molecule has 0 amide bonds. The van der Waals surface area contributed by atoms with Crippen molar-refractivity contribution < 1.29 is 9.47 Å². The number of nitrogens with zero attached hydrogens (tertiary/aromatic N) is 2. The first-order valence-electron chi connectivity index (χ1n) is 6.71. The van der Waals surface area contributed by atoms with Crippen molar-refractivity contribution in [3.63, 3.8) is 0 Å². The van der Waals surface area contributed by atoms with Crippen LogP contribution in [-0.2, 0) is 11.3 Å². The van der Waals surface area contributed by atoms with Gasteiger partial charge < -0.3 is 14.8 Å². The number of benzene rings is 1. The van der Waals surface area contributed by atoms with Crippen LogP contribution in [0.25, 0.3) is 6.08 Å². The summed E-state index contributed by atoms with van der Waals surface area (Å²) in [5.74, 6) is 2.50. The molecule has 0 fully saturated rings. The van der Waals surface area contributed by atoms with E-state index in [9.17, 15) is 0 Å². The fourth-order valence-corrected chi connectivity index (χ4v) is 1.85. The van der Waals surface area contributed by atoms with Crippen molar-refractivity contribution in [3.05, 3.63) is 47.8 Å². The van der Waals surface area contributed by atoms with E-state index in [2.05, 4.69) is 15.3 Å². The van der Waals surface area contributed by atoms with Crippen LogP contribution < -0.4 is 10.1 Å². The maximum Gasteiger partial charge on any atom is 0.224 e. The summed E-state index contributed by atoms with van der Waals surface area (Å²) in [7, 11) is 3.41. The van der Waals surface area contributed by atoms with E-state index in [0.29, 0.717) is 24.1 Å². The molecule has 110 valence electrons. The number of methoxy groups -OCH3 is 1. The third-order valence-electron chi connectivity index (χ3n) is 2.76. The SMILES string of the molecule is C/C=C/c1ccccc1Oc1cc(NC)nc(COC)n1. The lowest BCUT2D eigenvalue weighted by Crippen LogP contribution is -2.03. The van der Waals surface area contributed by atoms with Gasteiger partial charge in [-0.3, -0.25) is 0 Å². The molecule has 0 saturated carbocycles. The number of allylic oxidation sites excluding steroid dienone is 1. The Morgan fingerprint density at radius 3 is 2.76 bits per heavy atom. The number of para-hydroxylation sites is 1. The summed E-state index contributed by atoms with van der Waals surface area (Å²) in [6, 6.07) is 9.56. The first-order valence-corrected chi connectivity index (χ1v) is 6.71. The van der Waals surface area contributed by atoms with Crippen LogP contribution in [0.3, 0.4) is 0 Å². The molecule has 1 N–H and O–H groups in total. The molecule has 2 rings (SSSR count). The fourth-order valence-electron chi connectivity index (χ4n) is 1.85. The Labute approximate surface area is 124 Å². The van der Waals surface area contributed by atoms with E-state index in [1.807, 2.05) is 43.3 Å². The molecule has 0 aliphatic heterocycles. The highest BCUT2D eigenvalue weighted by molar-refractivity contribution is 5.57. The molecule has 0 aliphatic rings. The van der Waals surface area contributed by atoms with Gasteiger partial charge in [0.2, 0.25) is 5.88 Å². The van der Waals surface area contributed by atoms with E-state index >= 15 is 0 Å². The van der Waals surface area contributed by atoms with E-state index < -0.39 is 0 Å². The lowest BCUT2D eigenvalue weighted by atomic mass is 10.2. The van der Waals surface area contributed by atoms with Gasteiger partial charge in [-0.1, -0.05) is 30.4 Å². The lowest BCUT2D eigenvalue weighted by Gasteiger charge is -2.10. The maximum absolute atomic E-state index is 5.89. The number of hydrogen-bond donors (Lipinski definition) is 1. The standard InChI is InChI=1S/C16H19N3O2/c1-4-7-12-8-5-6-9-13(12)21-16-10-14(17-2)18-15(19-16)11-20-3/h4-10H,11H2,1-3H3,(H,17,18,19)/b7-4+. The predicted molar refractivity (Wildman–Crippen MR) is 83.5 cm³/mol. The van der Waals surface area contributed by atoms with Crippen molar-refractivity contribution in [1.29, 1.82) is 0 Å². The van der Waals surface area contributed by atoms with Crippen molar-refractivity contribution in [2.75, 3.05) is 19.5 Å². The Morgan fingerprint density at radius 2 is 2.05 bits per heavy atom. The molecule has 0 aliphatic carbocycles. The van der Waals surface area contributed by atoms with Gasteiger partial charge in [-0.2, -0.15) is 4.98 Å². The molecule has 0 saturated heterocycles. The molecule has 1 heterocycles. The monoisotopic (exact) mass is 285 g/mol. The highest BCUT2D eigenvalue weighted by Crippen LogP contribution is 2.26. The van der Waals surface area contributed by atoms with Crippen molar-refractivity contribution in [1.82, 2.24) is 9.97 Å². The van der Waals surface area contributed by atoms with E-state index in [0.717, 1.165) is 11.3 Å². The summed E-state index contributed by atoms with van der Waals surface area (Å²) in [5.41, 5.74) is 0.998. The zero-order valence-corrected chi connectivity index (χ0v) is 12.5. The van der Waals surface area contributed by atoms with Gasteiger partial charge in [0.25, 0.3) is 0 Å². The number of aromatic nitrogens is 2. The first kappa shape index (κ1) is 15.0. The Hall–Kier alpha value is -2.40. The van der Waals surface area contributed by atoms with Gasteiger partial charge in [0.15, 0.2) is 5.82 Å². The molecule has 5 heteroatoms. The van der Waals surface area contributed by atoms with Crippen molar-refractivity contribution in [2.24, 2.45) is 0 Å². The molecule has 21 heavy (non-hydrogen) atoms. The molecule has 0 atom stereocenters. The van der Waals surface area contributed by atoms with E-state index in [4.69, 9.17) is 9.47 Å². The second-order valence-corrected chi connectivity index (χ2v) is 4.33. The summed E-state index contributed by atoms with van der Waals surface area (Å²) in [5, 5.41) is 2.99. The van der Waals surface area contributed by atoms with Crippen LogP contribution in [0.15, 0.2) is 36.4 Å². The summed E-state index contributed by atoms with van der Waals surface area (Å²) in [6.45, 7) is 2.31. The quantitative estimate of drug-likeness (QED) is 0.880. The fraction of sp³-hybridized carbons (Fsp3) is 0.250. The molecule has 0 radical (unpaired) electrons. The van der Waals surface area contributed by atoms with E-state index in [1.165, 1.54) is 0 Å². The normalized spacial score (nSPS) is 10.8. The minimum atomic E-state index is 0.336. The van der Waals surface area contributed by atoms with Crippen LogP contribution in [0.2, 0.25) is 0 Å². The number of ether oxygens (including phenoxy) is 2. The third kappa shape index (κ3) is 4.03. The van der Waals surface area contributed by atoms with Crippen LogP contribution in [0, 0.1) is 0 Å². The smallest absolute Gasteiger partial charge is 0.224 e. The van der Waals surface area contributed by atoms with Gasteiger partial charge in [-0.05, 0) is 13.0 Å². The zero-order chi connectivity index (χ0) is 15.1. The summed E-state index contributed by atoms with van der Waals surface area (Å²) in [6.07, 6.45) is 3.96. The zero-order valence-electron chi connectivity index (χ0n) is 12.5. The van der Waals surface area contributed by atoms with Gasteiger partial charge in [-0.15, -0.1) is 0 Å². The lowest BCUT2D eigenvalue weighted by molar-refractivity contribution is 0.177. The minimum Gasteiger partial charge on any atom is -0.438 e. The first-order chi connectivity index (χ1) is 10.3.